The van der Waals surface area contributed by atoms with Gasteiger partial charge < -0.3 is 10.1 Å². The third kappa shape index (κ3) is 4.06. The van der Waals surface area contributed by atoms with E-state index in [1.807, 2.05) is 0 Å². The minimum atomic E-state index is -0.420. The van der Waals surface area contributed by atoms with E-state index in [0.717, 1.165) is 39.3 Å². The number of rotatable bonds is 6. The van der Waals surface area contributed by atoms with Crippen molar-refractivity contribution in [2.75, 3.05) is 44.7 Å². The van der Waals surface area contributed by atoms with Crippen molar-refractivity contribution < 1.29 is 9.66 Å². The molecule has 1 fully saturated rings. The van der Waals surface area contributed by atoms with Crippen molar-refractivity contribution in [3.8, 4) is 0 Å². The molecule has 0 aromatic heterocycles. The molecule has 0 radical (unpaired) electrons. The maximum absolute atomic E-state index is 10.9. The predicted octanol–water partition coefficient (Wildman–Crippen LogP) is 2.38. The van der Waals surface area contributed by atoms with Gasteiger partial charge >= 0.3 is 0 Å². The molecule has 20 heavy (non-hydrogen) atoms. The van der Waals surface area contributed by atoms with Crippen molar-refractivity contribution in [3.05, 3.63) is 33.3 Å². The summed E-state index contributed by atoms with van der Waals surface area (Å²) < 4.78 is 5.28. The molecular weight excluding hydrogens is 282 g/mol. The lowest BCUT2D eigenvalue weighted by atomic mass is 10.2. The Morgan fingerprint density at radius 1 is 1.40 bits per heavy atom. The minimum Gasteiger partial charge on any atom is -0.379 e. The molecular formula is C13H18ClN3O3. The molecule has 1 aromatic rings. The zero-order chi connectivity index (χ0) is 14.4. The average Bonchev–Trinajstić information content (AvgIpc) is 2.45. The lowest BCUT2D eigenvalue weighted by molar-refractivity contribution is -0.383. The second-order valence-electron chi connectivity index (χ2n) is 4.63. The molecule has 1 N–H and O–H groups in total. The number of benzene rings is 1. The summed E-state index contributed by atoms with van der Waals surface area (Å²) in [7, 11) is 0. The maximum Gasteiger partial charge on any atom is 0.293 e. The van der Waals surface area contributed by atoms with Crippen LogP contribution in [0.3, 0.4) is 0 Å². The third-order valence-electron chi connectivity index (χ3n) is 3.24. The highest BCUT2D eigenvalue weighted by atomic mass is 35.5. The number of anilines is 1. The molecule has 6 nitrogen and oxygen atoms in total. The van der Waals surface area contributed by atoms with E-state index >= 15 is 0 Å². The molecule has 1 aromatic carbocycles. The fourth-order valence-electron chi connectivity index (χ4n) is 2.18. The zero-order valence-corrected chi connectivity index (χ0v) is 11.9. The van der Waals surface area contributed by atoms with Gasteiger partial charge in [-0.05, 0) is 19.0 Å². The maximum atomic E-state index is 10.9. The van der Waals surface area contributed by atoms with Gasteiger partial charge in [-0.15, -0.1) is 0 Å². The number of para-hydroxylation sites is 1. The molecule has 0 spiro atoms. The van der Waals surface area contributed by atoms with Crippen molar-refractivity contribution in [1.29, 1.82) is 0 Å². The van der Waals surface area contributed by atoms with Gasteiger partial charge in [-0.25, -0.2) is 0 Å². The van der Waals surface area contributed by atoms with E-state index in [0.29, 0.717) is 17.3 Å². The molecule has 0 aliphatic carbocycles. The molecule has 0 atom stereocenters. The molecule has 0 amide bonds. The second-order valence-corrected chi connectivity index (χ2v) is 5.03. The summed E-state index contributed by atoms with van der Waals surface area (Å²) in [4.78, 5) is 12.8. The van der Waals surface area contributed by atoms with Gasteiger partial charge in [0, 0.05) is 25.7 Å². The fraction of sp³-hybridized carbons (Fsp3) is 0.538. The number of hydrogen-bond donors (Lipinski definition) is 1. The van der Waals surface area contributed by atoms with Crippen LogP contribution in [0.4, 0.5) is 11.4 Å². The number of hydrogen-bond acceptors (Lipinski definition) is 5. The fourth-order valence-corrected chi connectivity index (χ4v) is 2.42. The summed E-state index contributed by atoms with van der Waals surface area (Å²) in [6.45, 7) is 5.07. The molecule has 0 bridgehead atoms. The summed E-state index contributed by atoms with van der Waals surface area (Å²) in [5, 5.41) is 14.4. The van der Waals surface area contributed by atoms with Crippen LogP contribution in [0.2, 0.25) is 5.02 Å². The normalized spacial score (nSPS) is 16.1. The zero-order valence-electron chi connectivity index (χ0n) is 11.2. The van der Waals surface area contributed by atoms with E-state index in [1.165, 1.54) is 6.07 Å². The first-order chi connectivity index (χ1) is 9.68. The predicted molar refractivity (Wildman–Crippen MR) is 78.5 cm³/mol. The van der Waals surface area contributed by atoms with Crippen LogP contribution < -0.4 is 5.32 Å². The van der Waals surface area contributed by atoms with Crippen molar-refractivity contribution in [2.24, 2.45) is 0 Å². The van der Waals surface area contributed by atoms with Gasteiger partial charge in [-0.1, -0.05) is 17.7 Å². The largest absolute Gasteiger partial charge is 0.379 e. The van der Waals surface area contributed by atoms with E-state index in [1.54, 1.807) is 12.1 Å². The summed E-state index contributed by atoms with van der Waals surface area (Å²) in [6.07, 6.45) is 0.905. The van der Waals surface area contributed by atoms with Crippen LogP contribution >= 0.6 is 11.6 Å². The van der Waals surface area contributed by atoms with Gasteiger partial charge in [-0.2, -0.15) is 0 Å². The summed E-state index contributed by atoms with van der Waals surface area (Å²) in [5.41, 5.74) is 0.421. The highest BCUT2D eigenvalue weighted by Crippen LogP contribution is 2.31. The Bertz CT molecular complexity index is 464. The molecule has 1 aliphatic rings. The Hall–Kier alpha value is -1.37. The van der Waals surface area contributed by atoms with Crippen LogP contribution in [0.5, 0.6) is 0 Å². The van der Waals surface area contributed by atoms with E-state index in [2.05, 4.69) is 10.2 Å². The first-order valence-electron chi connectivity index (χ1n) is 6.65. The molecule has 0 saturated carbocycles. The third-order valence-corrected chi connectivity index (χ3v) is 3.56. The minimum absolute atomic E-state index is 0.0175. The molecule has 1 saturated heterocycles. The number of nitrogens with one attached hydrogen (secondary N) is 1. The van der Waals surface area contributed by atoms with Crippen molar-refractivity contribution in [3.63, 3.8) is 0 Å². The highest BCUT2D eigenvalue weighted by Gasteiger charge is 2.16. The van der Waals surface area contributed by atoms with Crippen molar-refractivity contribution in [1.82, 2.24) is 4.90 Å². The number of nitro benzene ring substituents is 1. The van der Waals surface area contributed by atoms with E-state index in [-0.39, 0.29) is 5.69 Å². The molecule has 2 rings (SSSR count). The standard InChI is InChI=1S/C13H18ClN3O3/c14-11-3-1-4-12(17(18)19)13(11)15-5-2-6-16-7-9-20-10-8-16/h1,3-4,15H,2,5-10H2. The molecule has 7 heteroatoms. The van der Waals surface area contributed by atoms with Crippen LogP contribution in [0.15, 0.2) is 18.2 Å². The smallest absolute Gasteiger partial charge is 0.293 e. The number of morpholine rings is 1. The Morgan fingerprint density at radius 3 is 2.85 bits per heavy atom. The van der Waals surface area contributed by atoms with E-state index in [4.69, 9.17) is 16.3 Å². The number of halogens is 1. The SMILES string of the molecule is O=[N+]([O-])c1cccc(Cl)c1NCCCN1CCOCC1. The molecule has 1 aliphatic heterocycles. The van der Waals surface area contributed by atoms with Gasteiger partial charge in [0.25, 0.3) is 5.69 Å². The van der Waals surface area contributed by atoms with Crippen LogP contribution in [0.25, 0.3) is 0 Å². The average molecular weight is 300 g/mol. The lowest BCUT2D eigenvalue weighted by Crippen LogP contribution is -2.37. The summed E-state index contributed by atoms with van der Waals surface area (Å²) in [6, 6.07) is 4.69. The monoisotopic (exact) mass is 299 g/mol. The molecule has 110 valence electrons. The van der Waals surface area contributed by atoms with Crippen LogP contribution in [0.1, 0.15) is 6.42 Å². The van der Waals surface area contributed by atoms with Gasteiger partial charge in [0.2, 0.25) is 0 Å². The van der Waals surface area contributed by atoms with Crippen molar-refractivity contribution >= 4 is 23.0 Å². The van der Waals surface area contributed by atoms with Crippen LogP contribution in [-0.4, -0.2) is 49.2 Å². The summed E-state index contributed by atoms with van der Waals surface area (Å²) >= 11 is 6.01. The van der Waals surface area contributed by atoms with Gasteiger partial charge in [0.1, 0.15) is 5.69 Å². The second kappa shape index (κ2) is 7.42. The van der Waals surface area contributed by atoms with E-state index in [9.17, 15) is 10.1 Å². The van der Waals surface area contributed by atoms with Gasteiger partial charge in [0.15, 0.2) is 0 Å². The Balaban J connectivity index is 1.83. The Kier molecular flexibility index (Phi) is 5.58. The van der Waals surface area contributed by atoms with Crippen LogP contribution in [0, 0.1) is 10.1 Å². The molecule has 1 heterocycles. The van der Waals surface area contributed by atoms with Crippen LogP contribution in [-0.2, 0) is 4.74 Å². The summed E-state index contributed by atoms with van der Waals surface area (Å²) in [5.74, 6) is 0. The number of nitro groups is 1. The lowest BCUT2D eigenvalue weighted by Gasteiger charge is -2.26. The first-order valence-corrected chi connectivity index (χ1v) is 7.03. The number of ether oxygens (including phenoxy) is 1. The quantitative estimate of drug-likeness (QED) is 0.496. The highest BCUT2D eigenvalue weighted by molar-refractivity contribution is 6.33. The topological polar surface area (TPSA) is 67.6 Å². The Morgan fingerprint density at radius 2 is 2.15 bits per heavy atom. The van der Waals surface area contributed by atoms with Gasteiger partial charge in [0.05, 0.1) is 23.2 Å². The van der Waals surface area contributed by atoms with Gasteiger partial charge in [-0.3, -0.25) is 15.0 Å². The first kappa shape index (κ1) is 15.0. The van der Waals surface area contributed by atoms with E-state index < -0.39 is 4.92 Å². The number of nitrogens with zero attached hydrogens (tertiary/aromatic N) is 2. The Labute approximate surface area is 122 Å². The molecule has 0 unspecified atom stereocenters. The van der Waals surface area contributed by atoms with Crippen molar-refractivity contribution in [2.45, 2.75) is 6.42 Å².